The van der Waals surface area contributed by atoms with Crippen molar-refractivity contribution in [1.82, 2.24) is 9.47 Å². The van der Waals surface area contributed by atoms with Gasteiger partial charge in [-0.1, -0.05) is 0 Å². The molecule has 1 N–H and O–H groups in total. The number of fused-ring (bicyclic) bond motifs is 2. The van der Waals surface area contributed by atoms with E-state index in [0.717, 1.165) is 47.4 Å². The molecule has 2 aromatic carbocycles. The second-order valence-electron chi connectivity index (χ2n) is 8.22. The van der Waals surface area contributed by atoms with Crippen molar-refractivity contribution in [2.45, 2.75) is 26.8 Å². The van der Waals surface area contributed by atoms with Crippen LogP contribution in [0.2, 0.25) is 0 Å². The molecule has 0 spiro atoms. The maximum Gasteiger partial charge on any atom is 0.231 e. The first-order chi connectivity index (χ1) is 14.8. The van der Waals surface area contributed by atoms with Crippen LogP contribution in [0.4, 0.5) is 0 Å². The van der Waals surface area contributed by atoms with Gasteiger partial charge in [0.25, 0.3) is 0 Å². The molecule has 0 unspecified atom stereocenters. The second kappa shape index (κ2) is 8.12. The van der Waals surface area contributed by atoms with Crippen molar-refractivity contribution >= 4 is 22.8 Å². The number of rotatable bonds is 6. The fourth-order valence-corrected chi connectivity index (χ4v) is 4.14. The number of phenolic OH excluding ortho intramolecular Hbond substituents is 1. The summed E-state index contributed by atoms with van der Waals surface area (Å²) in [6.07, 6.45) is 2.83. The molecule has 0 bridgehead atoms. The molecule has 1 aliphatic heterocycles. The first-order valence-corrected chi connectivity index (χ1v) is 10.4. The molecular weight excluding hydrogens is 392 g/mol. The summed E-state index contributed by atoms with van der Waals surface area (Å²) < 4.78 is 13.7. The van der Waals surface area contributed by atoms with Crippen LogP contribution >= 0.6 is 0 Å². The van der Waals surface area contributed by atoms with Gasteiger partial charge in [0.05, 0.1) is 12.7 Å². The summed E-state index contributed by atoms with van der Waals surface area (Å²) in [7, 11) is 5.79. The van der Waals surface area contributed by atoms with Crippen LogP contribution in [0.25, 0.3) is 17.0 Å². The lowest BCUT2D eigenvalue weighted by molar-refractivity contribution is 0.101. The fourth-order valence-electron chi connectivity index (χ4n) is 4.14. The molecule has 1 aromatic heterocycles. The highest BCUT2D eigenvalue weighted by molar-refractivity contribution is 6.15. The van der Waals surface area contributed by atoms with Gasteiger partial charge in [0.2, 0.25) is 5.78 Å². The highest BCUT2D eigenvalue weighted by Crippen LogP contribution is 2.40. The number of Topliss-reactive ketones (excluding diaryl/α,β-unsaturated/α-hetero) is 1. The number of ether oxygens (including phenoxy) is 2. The number of carbonyl (C=O) groups excluding carboxylic acids is 1. The van der Waals surface area contributed by atoms with E-state index in [0.29, 0.717) is 16.9 Å². The van der Waals surface area contributed by atoms with E-state index in [1.54, 1.807) is 20.1 Å². The number of aromatic hydroxyl groups is 1. The highest BCUT2D eigenvalue weighted by Gasteiger charge is 2.30. The molecule has 0 amide bonds. The average molecular weight is 421 g/mol. The Balaban J connectivity index is 1.81. The zero-order chi connectivity index (χ0) is 22.3. The number of hydrogen-bond acceptors (Lipinski definition) is 5. The van der Waals surface area contributed by atoms with Crippen LogP contribution in [0.5, 0.6) is 17.2 Å². The van der Waals surface area contributed by atoms with Crippen molar-refractivity contribution in [3.8, 4) is 17.2 Å². The van der Waals surface area contributed by atoms with Crippen molar-refractivity contribution < 1.29 is 19.4 Å². The minimum Gasteiger partial charge on any atom is -0.508 e. The molecule has 162 valence electrons. The second-order valence-corrected chi connectivity index (χ2v) is 8.22. The molecule has 0 radical (unpaired) electrons. The van der Waals surface area contributed by atoms with Gasteiger partial charge >= 0.3 is 0 Å². The van der Waals surface area contributed by atoms with Gasteiger partial charge in [-0.3, -0.25) is 4.79 Å². The number of hydrogen-bond donors (Lipinski definition) is 1. The Hall–Kier alpha value is -3.25. The van der Waals surface area contributed by atoms with Gasteiger partial charge in [0.15, 0.2) is 5.76 Å². The molecular formula is C25H28N2O4. The topological polar surface area (TPSA) is 63.9 Å². The van der Waals surface area contributed by atoms with Gasteiger partial charge in [-0.25, -0.2) is 0 Å². The molecule has 0 saturated heterocycles. The number of nitrogens with zero attached hydrogens (tertiary/aromatic N) is 2. The fraction of sp³-hybridized carbons (Fsp3) is 0.320. The minimum atomic E-state index is -0.172. The number of carbonyl (C=O) groups is 1. The summed E-state index contributed by atoms with van der Waals surface area (Å²) in [5.41, 5.74) is 4.16. The number of methoxy groups -OCH3 is 1. The third-order valence-electron chi connectivity index (χ3n) is 5.90. The van der Waals surface area contributed by atoms with E-state index in [1.807, 2.05) is 18.2 Å². The maximum atomic E-state index is 13.0. The van der Waals surface area contributed by atoms with Crippen molar-refractivity contribution in [3.63, 3.8) is 0 Å². The summed E-state index contributed by atoms with van der Waals surface area (Å²) in [4.78, 5) is 15.2. The molecule has 0 saturated carbocycles. The quantitative estimate of drug-likeness (QED) is 0.593. The van der Waals surface area contributed by atoms with Gasteiger partial charge in [0, 0.05) is 34.3 Å². The normalized spacial score (nSPS) is 14.5. The Kier molecular flexibility index (Phi) is 5.50. The lowest BCUT2D eigenvalue weighted by atomic mass is 10.0. The SMILES string of the molecule is COc1ccc2c(c1)c(/C=C1\Oc3c(ccc(O)c3C)C1=O)c(C)n2CCCN(C)C. The van der Waals surface area contributed by atoms with Gasteiger partial charge in [-0.05, 0) is 77.3 Å². The summed E-state index contributed by atoms with van der Waals surface area (Å²) in [5.74, 6) is 1.41. The maximum absolute atomic E-state index is 13.0. The van der Waals surface area contributed by atoms with Crippen LogP contribution in [0.1, 0.15) is 33.6 Å². The van der Waals surface area contributed by atoms with E-state index in [-0.39, 0.29) is 17.3 Å². The summed E-state index contributed by atoms with van der Waals surface area (Å²) in [6.45, 7) is 5.68. The minimum absolute atomic E-state index is 0.117. The van der Waals surface area contributed by atoms with Crippen molar-refractivity contribution in [1.29, 1.82) is 0 Å². The Labute approximate surface area is 182 Å². The summed E-state index contributed by atoms with van der Waals surface area (Å²) >= 11 is 0. The molecule has 4 rings (SSSR count). The molecule has 0 aliphatic carbocycles. The summed E-state index contributed by atoms with van der Waals surface area (Å²) in [6, 6.07) is 9.17. The Morgan fingerprint density at radius 1 is 1.19 bits per heavy atom. The predicted molar refractivity (Wildman–Crippen MR) is 122 cm³/mol. The van der Waals surface area contributed by atoms with E-state index in [9.17, 15) is 9.90 Å². The lowest BCUT2D eigenvalue weighted by Gasteiger charge is -2.12. The first-order valence-electron chi connectivity index (χ1n) is 10.4. The monoisotopic (exact) mass is 420 g/mol. The van der Waals surface area contributed by atoms with Crippen LogP contribution in [0.3, 0.4) is 0 Å². The van der Waals surface area contributed by atoms with Crippen LogP contribution < -0.4 is 9.47 Å². The largest absolute Gasteiger partial charge is 0.508 e. The molecule has 2 heterocycles. The van der Waals surface area contributed by atoms with E-state index in [4.69, 9.17) is 9.47 Å². The third kappa shape index (κ3) is 3.68. The van der Waals surface area contributed by atoms with Gasteiger partial charge in [0.1, 0.15) is 17.2 Å². The van der Waals surface area contributed by atoms with E-state index >= 15 is 0 Å². The van der Waals surface area contributed by atoms with Crippen molar-refractivity contribution in [3.05, 3.63) is 58.5 Å². The average Bonchev–Trinajstić information content (AvgIpc) is 3.20. The first kappa shape index (κ1) is 21.0. The van der Waals surface area contributed by atoms with E-state index < -0.39 is 0 Å². The third-order valence-corrected chi connectivity index (χ3v) is 5.90. The lowest BCUT2D eigenvalue weighted by Crippen LogP contribution is -2.15. The molecule has 1 aliphatic rings. The van der Waals surface area contributed by atoms with Crippen LogP contribution in [0.15, 0.2) is 36.1 Å². The zero-order valence-corrected chi connectivity index (χ0v) is 18.7. The van der Waals surface area contributed by atoms with Gasteiger partial charge < -0.3 is 24.0 Å². The zero-order valence-electron chi connectivity index (χ0n) is 18.7. The van der Waals surface area contributed by atoms with E-state index in [2.05, 4.69) is 36.6 Å². The number of phenols is 1. The summed E-state index contributed by atoms with van der Waals surface area (Å²) in [5, 5.41) is 11.0. The number of benzene rings is 2. The Morgan fingerprint density at radius 3 is 2.68 bits per heavy atom. The number of aryl methyl sites for hydroxylation is 1. The van der Waals surface area contributed by atoms with Gasteiger partial charge in [-0.15, -0.1) is 0 Å². The smallest absolute Gasteiger partial charge is 0.231 e. The van der Waals surface area contributed by atoms with Crippen molar-refractivity contribution in [2.24, 2.45) is 0 Å². The van der Waals surface area contributed by atoms with E-state index in [1.165, 1.54) is 6.07 Å². The molecule has 31 heavy (non-hydrogen) atoms. The predicted octanol–water partition coefficient (Wildman–Crippen LogP) is 4.54. The van der Waals surface area contributed by atoms with Crippen LogP contribution in [-0.2, 0) is 6.54 Å². The van der Waals surface area contributed by atoms with Crippen LogP contribution in [0, 0.1) is 13.8 Å². The molecule has 6 heteroatoms. The standard InChI is InChI=1S/C25H28N2O4/c1-15-22(28)10-8-18-24(29)23(31-25(15)18)14-19-16(2)27(12-6-11-26(3)4)21-9-7-17(30-5)13-20(19)21/h7-10,13-14,28H,6,11-12H2,1-5H3/b23-14-. The molecule has 0 fully saturated rings. The van der Waals surface area contributed by atoms with Gasteiger partial charge in [-0.2, -0.15) is 0 Å². The number of ketones is 1. The number of allylic oxidation sites excluding steroid dienone is 1. The Bertz CT molecular complexity index is 1200. The molecule has 0 atom stereocenters. The Morgan fingerprint density at radius 2 is 1.97 bits per heavy atom. The molecule has 6 nitrogen and oxygen atoms in total. The highest BCUT2D eigenvalue weighted by atomic mass is 16.5. The molecule has 3 aromatic rings. The van der Waals surface area contributed by atoms with Crippen molar-refractivity contribution in [2.75, 3.05) is 27.7 Å². The van der Waals surface area contributed by atoms with Crippen LogP contribution in [-0.4, -0.2) is 48.1 Å². The number of aromatic nitrogens is 1.